The summed E-state index contributed by atoms with van der Waals surface area (Å²) in [5.74, 6) is -1.28. The van der Waals surface area contributed by atoms with Gasteiger partial charge in [0.2, 0.25) is 11.8 Å². The van der Waals surface area contributed by atoms with Gasteiger partial charge in [-0.2, -0.15) is 0 Å². The van der Waals surface area contributed by atoms with Gasteiger partial charge in [0.25, 0.3) is 0 Å². The van der Waals surface area contributed by atoms with E-state index < -0.39 is 5.97 Å². The molecule has 7 heteroatoms. The molecule has 0 fully saturated rings. The maximum Gasteiger partial charge on any atom is 0.305 e. The van der Waals surface area contributed by atoms with Gasteiger partial charge in [-0.25, -0.2) is 0 Å². The summed E-state index contributed by atoms with van der Waals surface area (Å²) >= 11 is 0. The molecule has 1 heterocycles. The van der Waals surface area contributed by atoms with Gasteiger partial charge in [0.05, 0.1) is 6.42 Å². The van der Waals surface area contributed by atoms with E-state index in [-0.39, 0.29) is 37.6 Å². The van der Waals surface area contributed by atoms with Crippen LogP contribution in [-0.4, -0.2) is 52.4 Å². The van der Waals surface area contributed by atoms with Crippen LogP contribution in [0.3, 0.4) is 0 Å². The Labute approximate surface area is 148 Å². The van der Waals surface area contributed by atoms with Crippen LogP contribution in [0, 0.1) is 0 Å². The Balaban J connectivity index is 2.32. The maximum absolute atomic E-state index is 12.3. The lowest BCUT2D eigenvalue weighted by Crippen LogP contribution is -2.34. The van der Waals surface area contributed by atoms with Crippen molar-refractivity contribution in [3.63, 3.8) is 0 Å². The number of aryl methyl sites for hydroxylation is 1. The number of carbonyl (C=O) groups excluding carboxylic acids is 2. The molecule has 0 aliphatic rings. The Bertz CT molecular complexity index is 549. The van der Waals surface area contributed by atoms with Crippen LogP contribution in [-0.2, 0) is 20.8 Å². The number of carboxylic acid groups (broad SMARTS) is 1. The SMILES string of the molecule is CCCN(CCCc1ccncc1)C(=O)CCC(=O)NCCC(=O)O. The normalized spacial score (nSPS) is 10.3. The van der Waals surface area contributed by atoms with Gasteiger partial charge in [-0.15, -0.1) is 0 Å². The van der Waals surface area contributed by atoms with Crippen LogP contribution >= 0.6 is 0 Å². The molecule has 2 amide bonds. The number of rotatable bonds is 12. The highest BCUT2D eigenvalue weighted by Gasteiger charge is 2.14. The molecule has 0 saturated carbocycles. The van der Waals surface area contributed by atoms with Crippen LogP contribution in [0.25, 0.3) is 0 Å². The number of aliphatic carboxylic acids is 1. The molecule has 25 heavy (non-hydrogen) atoms. The Hall–Kier alpha value is -2.44. The molecule has 1 aromatic rings. The van der Waals surface area contributed by atoms with E-state index >= 15 is 0 Å². The third kappa shape index (κ3) is 9.44. The van der Waals surface area contributed by atoms with Crippen molar-refractivity contribution in [3.8, 4) is 0 Å². The number of aromatic nitrogens is 1. The maximum atomic E-state index is 12.3. The molecule has 1 rings (SSSR count). The standard InChI is InChI=1S/C18H27N3O4/c1-2-13-21(14-3-4-15-7-10-19-11-8-15)17(23)6-5-16(22)20-12-9-18(24)25/h7-8,10-11H,2-6,9,12-14H2,1H3,(H,20,22)(H,24,25). The van der Waals surface area contributed by atoms with E-state index in [0.717, 1.165) is 19.3 Å². The Kier molecular flexibility index (Phi) is 9.89. The van der Waals surface area contributed by atoms with Crippen LogP contribution in [0.5, 0.6) is 0 Å². The second kappa shape index (κ2) is 12.0. The van der Waals surface area contributed by atoms with Crippen molar-refractivity contribution in [1.82, 2.24) is 15.2 Å². The zero-order valence-electron chi connectivity index (χ0n) is 14.7. The second-order valence-corrected chi connectivity index (χ2v) is 5.83. The fourth-order valence-corrected chi connectivity index (χ4v) is 2.43. The molecule has 2 N–H and O–H groups in total. The Morgan fingerprint density at radius 2 is 1.84 bits per heavy atom. The average molecular weight is 349 g/mol. The zero-order chi connectivity index (χ0) is 18.5. The smallest absolute Gasteiger partial charge is 0.305 e. The largest absolute Gasteiger partial charge is 0.481 e. The number of hydrogen-bond acceptors (Lipinski definition) is 4. The van der Waals surface area contributed by atoms with Gasteiger partial charge in [-0.3, -0.25) is 19.4 Å². The lowest BCUT2D eigenvalue weighted by atomic mass is 10.1. The first-order valence-corrected chi connectivity index (χ1v) is 8.68. The number of carboxylic acids is 1. The monoisotopic (exact) mass is 349 g/mol. The third-order valence-electron chi connectivity index (χ3n) is 3.72. The number of hydrogen-bond donors (Lipinski definition) is 2. The summed E-state index contributed by atoms with van der Waals surface area (Å²) < 4.78 is 0. The summed E-state index contributed by atoms with van der Waals surface area (Å²) in [6, 6.07) is 3.93. The molecule has 0 atom stereocenters. The predicted molar refractivity (Wildman–Crippen MR) is 93.9 cm³/mol. The first-order valence-electron chi connectivity index (χ1n) is 8.68. The first kappa shape index (κ1) is 20.6. The van der Waals surface area contributed by atoms with Gasteiger partial charge < -0.3 is 15.3 Å². The molecule has 0 saturated heterocycles. The number of nitrogens with one attached hydrogen (secondary N) is 1. The first-order chi connectivity index (χ1) is 12.0. The predicted octanol–water partition coefficient (Wildman–Crippen LogP) is 1.62. The summed E-state index contributed by atoms with van der Waals surface area (Å²) in [5.41, 5.74) is 1.19. The molecule has 0 unspecified atom stereocenters. The fraction of sp³-hybridized carbons (Fsp3) is 0.556. The molecular formula is C18H27N3O4. The van der Waals surface area contributed by atoms with E-state index in [0.29, 0.717) is 13.1 Å². The van der Waals surface area contributed by atoms with Crippen molar-refractivity contribution >= 4 is 17.8 Å². The highest BCUT2D eigenvalue weighted by atomic mass is 16.4. The molecule has 0 aliphatic carbocycles. The molecule has 0 spiro atoms. The lowest BCUT2D eigenvalue weighted by Gasteiger charge is -2.22. The molecule has 0 aromatic carbocycles. The van der Waals surface area contributed by atoms with Crippen LogP contribution in [0.4, 0.5) is 0 Å². The summed E-state index contributed by atoms with van der Waals surface area (Å²) in [5, 5.41) is 11.0. The minimum absolute atomic E-state index is 0.0371. The van der Waals surface area contributed by atoms with E-state index in [1.807, 2.05) is 19.1 Å². The summed E-state index contributed by atoms with van der Waals surface area (Å²) in [6.07, 6.45) is 6.24. The topological polar surface area (TPSA) is 99.6 Å². The highest BCUT2D eigenvalue weighted by molar-refractivity contribution is 5.84. The molecule has 0 aliphatic heterocycles. The Morgan fingerprint density at radius 3 is 2.48 bits per heavy atom. The van der Waals surface area contributed by atoms with E-state index in [9.17, 15) is 14.4 Å². The van der Waals surface area contributed by atoms with E-state index in [1.165, 1.54) is 5.56 Å². The number of carbonyl (C=O) groups is 3. The van der Waals surface area contributed by atoms with E-state index in [1.54, 1.807) is 17.3 Å². The highest BCUT2D eigenvalue weighted by Crippen LogP contribution is 2.06. The molecule has 7 nitrogen and oxygen atoms in total. The summed E-state index contributed by atoms with van der Waals surface area (Å²) in [7, 11) is 0. The number of pyridine rings is 1. The van der Waals surface area contributed by atoms with Crippen LogP contribution in [0.15, 0.2) is 24.5 Å². The summed E-state index contributed by atoms with van der Waals surface area (Å²) in [6.45, 7) is 3.44. The molecular weight excluding hydrogens is 322 g/mol. The van der Waals surface area contributed by atoms with Gasteiger partial charge in [0.1, 0.15) is 0 Å². The zero-order valence-corrected chi connectivity index (χ0v) is 14.7. The quantitative estimate of drug-likeness (QED) is 0.597. The van der Waals surface area contributed by atoms with Gasteiger partial charge in [0, 0.05) is 44.9 Å². The van der Waals surface area contributed by atoms with E-state index in [4.69, 9.17) is 5.11 Å². The van der Waals surface area contributed by atoms with Gasteiger partial charge in [-0.1, -0.05) is 6.92 Å². The van der Waals surface area contributed by atoms with Crippen LogP contribution < -0.4 is 5.32 Å². The van der Waals surface area contributed by atoms with Gasteiger partial charge in [-0.05, 0) is 37.0 Å². The molecule has 0 bridgehead atoms. The molecule has 1 aromatic heterocycles. The third-order valence-corrected chi connectivity index (χ3v) is 3.72. The molecule has 0 radical (unpaired) electrons. The summed E-state index contributed by atoms with van der Waals surface area (Å²) in [4.78, 5) is 40.1. The fourth-order valence-electron chi connectivity index (χ4n) is 2.43. The van der Waals surface area contributed by atoms with Crippen molar-refractivity contribution < 1.29 is 19.5 Å². The van der Waals surface area contributed by atoms with Crippen LogP contribution in [0.2, 0.25) is 0 Å². The van der Waals surface area contributed by atoms with Crippen molar-refractivity contribution in [1.29, 1.82) is 0 Å². The average Bonchev–Trinajstić information content (AvgIpc) is 2.59. The minimum atomic E-state index is -0.959. The van der Waals surface area contributed by atoms with Gasteiger partial charge in [0.15, 0.2) is 0 Å². The number of nitrogens with zero attached hydrogens (tertiary/aromatic N) is 2. The number of amides is 2. The van der Waals surface area contributed by atoms with Crippen molar-refractivity contribution in [2.24, 2.45) is 0 Å². The van der Waals surface area contributed by atoms with E-state index in [2.05, 4.69) is 10.3 Å². The molecule has 138 valence electrons. The lowest BCUT2D eigenvalue weighted by molar-refractivity contribution is -0.137. The van der Waals surface area contributed by atoms with Crippen molar-refractivity contribution in [2.75, 3.05) is 19.6 Å². The van der Waals surface area contributed by atoms with Crippen molar-refractivity contribution in [2.45, 2.75) is 45.4 Å². The Morgan fingerprint density at radius 1 is 1.12 bits per heavy atom. The second-order valence-electron chi connectivity index (χ2n) is 5.83. The van der Waals surface area contributed by atoms with Crippen LogP contribution in [0.1, 0.15) is 44.6 Å². The van der Waals surface area contributed by atoms with Gasteiger partial charge >= 0.3 is 5.97 Å². The van der Waals surface area contributed by atoms with Crippen molar-refractivity contribution in [3.05, 3.63) is 30.1 Å². The minimum Gasteiger partial charge on any atom is -0.481 e.